The molecule has 0 bridgehead atoms. The first-order valence-corrected chi connectivity index (χ1v) is 4.76. The van der Waals surface area contributed by atoms with E-state index >= 15 is 0 Å². The number of aromatic nitrogens is 2. The van der Waals surface area contributed by atoms with E-state index in [2.05, 4.69) is 9.97 Å². The van der Waals surface area contributed by atoms with Crippen LogP contribution in [0.3, 0.4) is 0 Å². The van der Waals surface area contributed by atoms with Gasteiger partial charge in [0, 0.05) is 0 Å². The van der Waals surface area contributed by atoms with E-state index in [9.17, 15) is 4.79 Å². The Morgan fingerprint density at radius 1 is 1.25 bits per heavy atom. The molecule has 0 spiro atoms. The van der Waals surface area contributed by atoms with Crippen LogP contribution in [0.25, 0.3) is 0 Å². The monoisotopic (exact) mass is 182 g/mol. The topological polar surface area (TPSA) is 42.9 Å². The van der Waals surface area contributed by atoms with Crippen molar-refractivity contribution in [1.29, 1.82) is 0 Å². The smallest absolute Gasteiger partial charge is 0.187 e. The SMILES string of the molecule is CSc1nc(C)c(C=O)c(C)n1. The van der Waals surface area contributed by atoms with Gasteiger partial charge < -0.3 is 0 Å². The van der Waals surface area contributed by atoms with Gasteiger partial charge in [0.2, 0.25) is 0 Å². The molecule has 12 heavy (non-hydrogen) atoms. The van der Waals surface area contributed by atoms with Crippen molar-refractivity contribution in [2.45, 2.75) is 19.0 Å². The average molecular weight is 182 g/mol. The quantitative estimate of drug-likeness (QED) is 0.396. The Kier molecular flexibility index (Phi) is 2.81. The normalized spacial score (nSPS) is 9.92. The number of carbonyl (C=O) groups excluding carboxylic acids is 1. The minimum Gasteiger partial charge on any atom is -0.298 e. The van der Waals surface area contributed by atoms with E-state index in [0.29, 0.717) is 5.56 Å². The van der Waals surface area contributed by atoms with Crippen molar-refractivity contribution in [2.75, 3.05) is 6.26 Å². The summed E-state index contributed by atoms with van der Waals surface area (Å²) in [6, 6.07) is 0. The van der Waals surface area contributed by atoms with E-state index in [1.165, 1.54) is 11.8 Å². The lowest BCUT2D eigenvalue weighted by Crippen LogP contribution is -2.00. The van der Waals surface area contributed by atoms with Crippen LogP contribution in [0.15, 0.2) is 5.16 Å². The molecule has 64 valence electrons. The van der Waals surface area contributed by atoms with Crippen LogP contribution in [-0.4, -0.2) is 22.5 Å². The van der Waals surface area contributed by atoms with Crippen LogP contribution in [0.1, 0.15) is 21.7 Å². The Morgan fingerprint density at radius 2 is 1.75 bits per heavy atom. The molecule has 1 rings (SSSR count). The van der Waals surface area contributed by atoms with Gasteiger partial charge in [0.25, 0.3) is 0 Å². The van der Waals surface area contributed by atoms with Crippen molar-refractivity contribution < 1.29 is 4.79 Å². The first-order valence-electron chi connectivity index (χ1n) is 3.53. The second kappa shape index (κ2) is 3.67. The number of carbonyl (C=O) groups is 1. The molecular weight excluding hydrogens is 172 g/mol. The van der Waals surface area contributed by atoms with Crippen molar-refractivity contribution in [3.8, 4) is 0 Å². The zero-order valence-corrected chi connectivity index (χ0v) is 8.10. The summed E-state index contributed by atoms with van der Waals surface area (Å²) < 4.78 is 0. The van der Waals surface area contributed by atoms with Crippen LogP contribution in [0, 0.1) is 13.8 Å². The number of thioether (sulfide) groups is 1. The third-order valence-corrected chi connectivity index (χ3v) is 2.15. The van der Waals surface area contributed by atoms with E-state index in [0.717, 1.165) is 22.8 Å². The van der Waals surface area contributed by atoms with Gasteiger partial charge in [-0.15, -0.1) is 0 Å². The first-order chi connectivity index (χ1) is 5.69. The molecule has 1 heterocycles. The number of nitrogens with zero attached hydrogens (tertiary/aromatic N) is 2. The highest BCUT2D eigenvalue weighted by Gasteiger charge is 2.05. The molecule has 3 nitrogen and oxygen atoms in total. The van der Waals surface area contributed by atoms with Gasteiger partial charge in [-0.1, -0.05) is 11.8 Å². The molecule has 0 aromatic carbocycles. The molecule has 0 aliphatic rings. The fourth-order valence-electron chi connectivity index (χ4n) is 0.956. The average Bonchev–Trinajstić information content (AvgIpc) is 2.03. The molecule has 0 atom stereocenters. The van der Waals surface area contributed by atoms with Crippen molar-refractivity contribution in [3.63, 3.8) is 0 Å². The molecule has 0 saturated heterocycles. The van der Waals surface area contributed by atoms with Gasteiger partial charge in [0.05, 0.1) is 17.0 Å². The highest BCUT2D eigenvalue weighted by atomic mass is 32.2. The van der Waals surface area contributed by atoms with E-state index in [-0.39, 0.29) is 0 Å². The molecule has 0 unspecified atom stereocenters. The fourth-order valence-corrected chi connectivity index (χ4v) is 1.41. The van der Waals surface area contributed by atoms with Crippen LogP contribution in [0.4, 0.5) is 0 Å². The standard InChI is InChI=1S/C8H10N2OS/c1-5-7(4-11)6(2)10-8(9-5)12-3/h4H,1-3H3. The minimum atomic E-state index is 0.604. The zero-order valence-electron chi connectivity index (χ0n) is 7.29. The van der Waals surface area contributed by atoms with Crippen LogP contribution >= 0.6 is 11.8 Å². The molecule has 0 amide bonds. The van der Waals surface area contributed by atoms with E-state index in [1.807, 2.05) is 20.1 Å². The Balaban J connectivity index is 3.27. The molecular formula is C8H10N2OS. The van der Waals surface area contributed by atoms with Gasteiger partial charge in [0.15, 0.2) is 11.4 Å². The second-order valence-electron chi connectivity index (χ2n) is 2.41. The Hall–Kier alpha value is -0.900. The molecule has 1 aromatic rings. The van der Waals surface area contributed by atoms with Gasteiger partial charge in [-0.2, -0.15) is 0 Å². The van der Waals surface area contributed by atoms with Gasteiger partial charge in [-0.3, -0.25) is 4.79 Å². The lowest BCUT2D eigenvalue weighted by atomic mass is 10.2. The number of hydrogen-bond acceptors (Lipinski definition) is 4. The van der Waals surface area contributed by atoms with Crippen LogP contribution in [0.5, 0.6) is 0 Å². The van der Waals surface area contributed by atoms with Crippen molar-refractivity contribution in [1.82, 2.24) is 9.97 Å². The number of rotatable bonds is 2. The maximum Gasteiger partial charge on any atom is 0.187 e. The molecule has 4 heteroatoms. The zero-order chi connectivity index (χ0) is 9.14. The summed E-state index contributed by atoms with van der Waals surface area (Å²) in [6.45, 7) is 3.64. The van der Waals surface area contributed by atoms with Crippen molar-refractivity contribution in [3.05, 3.63) is 17.0 Å². The maximum atomic E-state index is 10.6. The summed E-state index contributed by atoms with van der Waals surface area (Å²) in [5.41, 5.74) is 2.11. The van der Waals surface area contributed by atoms with Gasteiger partial charge >= 0.3 is 0 Å². The largest absolute Gasteiger partial charge is 0.298 e. The molecule has 1 aromatic heterocycles. The molecule has 0 N–H and O–H groups in total. The third-order valence-electron chi connectivity index (χ3n) is 1.61. The summed E-state index contributed by atoms with van der Waals surface area (Å²) >= 11 is 1.48. The van der Waals surface area contributed by atoms with Gasteiger partial charge in [-0.25, -0.2) is 9.97 Å². The van der Waals surface area contributed by atoms with Crippen LogP contribution in [0.2, 0.25) is 0 Å². The Morgan fingerprint density at radius 3 is 2.08 bits per heavy atom. The predicted molar refractivity (Wildman–Crippen MR) is 48.7 cm³/mol. The van der Waals surface area contributed by atoms with Crippen molar-refractivity contribution in [2.24, 2.45) is 0 Å². The summed E-state index contributed by atoms with van der Waals surface area (Å²) in [5.74, 6) is 0. The first kappa shape index (κ1) is 9.19. The molecule has 0 saturated carbocycles. The third kappa shape index (κ3) is 1.64. The Labute approximate surface area is 75.6 Å². The number of aldehydes is 1. The lowest BCUT2D eigenvalue weighted by molar-refractivity contribution is 0.112. The fraction of sp³-hybridized carbons (Fsp3) is 0.375. The highest BCUT2D eigenvalue weighted by Crippen LogP contribution is 2.13. The maximum absolute atomic E-state index is 10.6. The summed E-state index contributed by atoms with van der Waals surface area (Å²) in [7, 11) is 0. The van der Waals surface area contributed by atoms with E-state index < -0.39 is 0 Å². The van der Waals surface area contributed by atoms with Gasteiger partial charge in [0.1, 0.15) is 0 Å². The number of hydrogen-bond donors (Lipinski definition) is 0. The summed E-state index contributed by atoms with van der Waals surface area (Å²) in [6.07, 6.45) is 2.71. The van der Waals surface area contributed by atoms with E-state index in [4.69, 9.17) is 0 Å². The predicted octanol–water partition coefficient (Wildman–Crippen LogP) is 1.63. The van der Waals surface area contributed by atoms with Crippen molar-refractivity contribution >= 4 is 18.0 Å². The lowest BCUT2D eigenvalue weighted by Gasteiger charge is -2.03. The van der Waals surface area contributed by atoms with Gasteiger partial charge in [-0.05, 0) is 20.1 Å². The van der Waals surface area contributed by atoms with Crippen LogP contribution in [-0.2, 0) is 0 Å². The van der Waals surface area contributed by atoms with E-state index in [1.54, 1.807) is 0 Å². The highest BCUT2D eigenvalue weighted by molar-refractivity contribution is 7.98. The molecule has 0 aliphatic heterocycles. The summed E-state index contributed by atoms with van der Waals surface area (Å²) in [4.78, 5) is 18.8. The second-order valence-corrected chi connectivity index (χ2v) is 3.19. The molecule has 0 fully saturated rings. The minimum absolute atomic E-state index is 0.604. The number of aryl methyl sites for hydroxylation is 2. The Bertz CT molecular complexity index is 289. The molecule has 0 radical (unpaired) electrons. The molecule has 0 aliphatic carbocycles. The van der Waals surface area contributed by atoms with Crippen LogP contribution < -0.4 is 0 Å². The summed E-state index contributed by atoms with van der Waals surface area (Å²) in [5, 5.41) is 0.718.